The molecule has 1 heterocycles. The van der Waals surface area contributed by atoms with Crippen molar-refractivity contribution in [3.8, 4) is 0 Å². The molecule has 1 aromatic heterocycles. The van der Waals surface area contributed by atoms with E-state index in [9.17, 15) is 19.2 Å². The average Bonchev–Trinajstić information content (AvgIpc) is 3.04. The fourth-order valence-electron chi connectivity index (χ4n) is 5.14. The molecule has 3 rings (SSSR count). The molecule has 49 heavy (non-hydrogen) atoms. The molecule has 2 aromatic carbocycles. The first kappa shape index (κ1) is 38.9. The molecule has 0 radical (unpaired) electrons. The van der Waals surface area contributed by atoms with Crippen LogP contribution >= 0.6 is 0 Å². The van der Waals surface area contributed by atoms with Gasteiger partial charge in [-0.05, 0) is 58.7 Å². The molecule has 0 aliphatic carbocycles. The number of nitrogens with zero attached hydrogens (tertiary/aromatic N) is 3. The zero-order valence-corrected chi connectivity index (χ0v) is 29.5. The zero-order chi connectivity index (χ0) is 36.0. The van der Waals surface area contributed by atoms with Crippen molar-refractivity contribution in [2.24, 2.45) is 0 Å². The van der Waals surface area contributed by atoms with Gasteiger partial charge in [0.2, 0.25) is 11.8 Å². The summed E-state index contributed by atoms with van der Waals surface area (Å²) in [5.74, 6) is -1.80. The van der Waals surface area contributed by atoms with E-state index >= 15 is 0 Å². The van der Waals surface area contributed by atoms with Crippen LogP contribution in [0, 0.1) is 0 Å². The molecule has 0 spiro atoms. The molecule has 0 saturated heterocycles. The third-order valence-corrected chi connectivity index (χ3v) is 7.28. The van der Waals surface area contributed by atoms with Crippen LogP contribution in [0.1, 0.15) is 59.1 Å². The van der Waals surface area contributed by atoms with Gasteiger partial charge in [0.15, 0.2) is 6.29 Å². The second-order valence-electron chi connectivity index (χ2n) is 12.5. The normalized spacial score (nSPS) is 12.8. The van der Waals surface area contributed by atoms with E-state index in [1.54, 1.807) is 33.9 Å². The van der Waals surface area contributed by atoms with Gasteiger partial charge in [-0.3, -0.25) is 24.8 Å². The minimum Gasteiger partial charge on any atom is -0.460 e. The lowest BCUT2D eigenvalue weighted by Crippen LogP contribution is -2.56. The van der Waals surface area contributed by atoms with E-state index in [-0.39, 0.29) is 13.1 Å². The molecule has 0 fully saturated rings. The molecule has 266 valence electrons. The molecule has 4 amide bonds. The highest BCUT2D eigenvalue weighted by molar-refractivity contribution is 5.92. The quantitative estimate of drug-likeness (QED) is 0.110. The number of nitrogens with one attached hydrogen (secondary N) is 3. The van der Waals surface area contributed by atoms with Crippen LogP contribution in [0.15, 0.2) is 66.9 Å². The SMILES string of the molecule is CCOC(OCC)[C@H](C)N(Cc1cccc2cccnc12)C(=O)C(CC(=O)OC(C)(C)C)NC(=O)CN(C)NC(=O)NCc1ccccc1. The molecule has 0 bridgehead atoms. The Balaban J connectivity index is 1.86. The van der Waals surface area contributed by atoms with Crippen molar-refractivity contribution >= 4 is 34.7 Å². The molecule has 13 heteroatoms. The summed E-state index contributed by atoms with van der Waals surface area (Å²) in [5.41, 5.74) is 4.16. The monoisotopic (exact) mass is 678 g/mol. The lowest BCUT2D eigenvalue weighted by Gasteiger charge is -2.36. The number of esters is 1. The van der Waals surface area contributed by atoms with Gasteiger partial charge in [-0.2, -0.15) is 0 Å². The number of carbonyl (C=O) groups is 4. The Kier molecular flexibility index (Phi) is 14.9. The van der Waals surface area contributed by atoms with Crippen LogP contribution in [0.5, 0.6) is 0 Å². The van der Waals surface area contributed by atoms with Gasteiger partial charge in [-0.25, -0.2) is 9.80 Å². The largest absolute Gasteiger partial charge is 0.460 e. The molecule has 0 saturated carbocycles. The highest BCUT2D eigenvalue weighted by Crippen LogP contribution is 2.22. The number of likely N-dealkylation sites (N-methyl/N-ethyl adjacent to an activating group) is 1. The summed E-state index contributed by atoms with van der Waals surface area (Å²) in [6, 6.07) is 16.4. The smallest absolute Gasteiger partial charge is 0.329 e. The van der Waals surface area contributed by atoms with Crippen LogP contribution in [0.25, 0.3) is 10.9 Å². The van der Waals surface area contributed by atoms with Crippen molar-refractivity contribution in [2.45, 2.75) is 85.0 Å². The minimum absolute atomic E-state index is 0.0920. The topological polar surface area (TPSA) is 151 Å². The number of amides is 4. The summed E-state index contributed by atoms with van der Waals surface area (Å²) in [6.07, 6.45) is 0.467. The second-order valence-corrected chi connectivity index (χ2v) is 12.5. The first-order chi connectivity index (χ1) is 23.3. The summed E-state index contributed by atoms with van der Waals surface area (Å²) < 4.78 is 17.3. The molecular weight excluding hydrogens is 628 g/mol. The van der Waals surface area contributed by atoms with Gasteiger partial charge >= 0.3 is 12.0 Å². The number of hydrogen-bond acceptors (Lipinski definition) is 9. The summed E-state index contributed by atoms with van der Waals surface area (Å²) in [4.78, 5) is 59.5. The molecule has 2 atom stereocenters. The number of fused-ring (bicyclic) bond motifs is 1. The van der Waals surface area contributed by atoms with Crippen molar-refractivity contribution in [3.05, 3.63) is 78.0 Å². The van der Waals surface area contributed by atoms with E-state index < -0.39 is 54.2 Å². The number of rotatable bonds is 17. The molecular formula is C36H50N6O7. The number of hydrogen-bond donors (Lipinski definition) is 3. The number of benzene rings is 2. The van der Waals surface area contributed by atoms with E-state index in [1.165, 1.54) is 17.0 Å². The number of ether oxygens (including phenoxy) is 3. The standard InChI is InChI=1S/C36H50N6O7/c1-8-47-34(48-9-2)25(3)42(23-28-18-13-17-27-19-14-20-37-32(27)28)33(45)29(21-31(44)49-36(4,5)6)39-30(43)24-41(7)40-35(46)38-22-26-15-11-10-12-16-26/h10-20,25,29,34H,8-9,21-24H2,1-7H3,(H,39,43)(H2,38,40,46)/t25-,29?/m0/s1. The number of aromatic nitrogens is 1. The lowest BCUT2D eigenvalue weighted by molar-refractivity contribution is -0.180. The first-order valence-electron chi connectivity index (χ1n) is 16.5. The molecule has 1 unspecified atom stereocenters. The molecule has 13 nitrogen and oxygen atoms in total. The lowest BCUT2D eigenvalue weighted by atomic mass is 10.1. The predicted octanol–water partition coefficient (Wildman–Crippen LogP) is 3.91. The van der Waals surface area contributed by atoms with Gasteiger partial charge < -0.3 is 29.7 Å². The van der Waals surface area contributed by atoms with E-state index in [4.69, 9.17) is 14.2 Å². The first-order valence-corrected chi connectivity index (χ1v) is 16.5. The van der Waals surface area contributed by atoms with E-state index in [0.29, 0.717) is 25.3 Å². The number of para-hydroxylation sites is 1. The Morgan fingerprint density at radius 2 is 1.59 bits per heavy atom. The van der Waals surface area contributed by atoms with Crippen molar-refractivity contribution in [1.82, 2.24) is 31.0 Å². The van der Waals surface area contributed by atoms with E-state index in [1.807, 2.05) is 74.5 Å². The molecule has 3 N–H and O–H groups in total. The van der Waals surface area contributed by atoms with Crippen molar-refractivity contribution < 1.29 is 33.4 Å². The fraction of sp³-hybridized carbons (Fsp3) is 0.472. The minimum atomic E-state index is -1.31. The van der Waals surface area contributed by atoms with Crippen LogP contribution < -0.4 is 16.1 Å². The van der Waals surface area contributed by atoms with Gasteiger partial charge in [0.1, 0.15) is 11.6 Å². The summed E-state index contributed by atoms with van der Waals surface area (Å²) in [6.45, 7) is 11.4. The summed E-state index contributed by atoms with van der Waals surface area (Å²) in [7, 11) is 1.52. The maximum absolute atomic E-state index is 14.5. The van der Waals surface area contributed by atoms with Gasteiger partial charge in [0, 0.05) is 44.9 Å². The van der Waals surface area contributed by atoms with Crippen molar-refractivity contribution in [2.75, 3.05) is 26.8 Å². The van der Waals surface area contributed by atoms with Crippen LogP contribution in [0.2, 0.25) is 0 Å². The second kappa shape index (κ2) is 18.8. The van der Waals surface area contributed by atoms with Crippen molar-refractivity contribution in [3.63, 3.8) is 0 Å². The Bertz CT molecular complexity index is 1520. The third kappa shape index (κ3) is 12.7. The van der Waals surface area contributed by atoms with Gasteiger partial charge in [0.25, 0.3) is 0 Å². The Labute approximate surface area is 288 Å². The molecule has 0 aliphatic heterocycles. The van der Waals surface area contributed by atoms with Gasteiger partial charge in [0.05, 0.1) is 24.5 Å². The van der Waals surface area contributed by atoms with Gasteiger partial charge in [-0.1, -0.05) is 54.6 Å². The van der Waals surface area contributed by atoms with E-state index in [2.05, 4.69) is 21.0 Å². The van der Waals surface area contributed by atoms with Gasteiger partial charge in [-0.15, -0.1) is 0 Å². The average molecular weight is 679 g/mol. The number of urea groups is 1. The van der Waals surface area contributed by atoms with E-state index in [0.717, 1.165) is 16.5 Å². The summed E-state index contributed by atoms with van der Waals surface area (Å²) in [5, 5.41) is 7.63. The number of pyridine rings is 1. The van der Waals surface area contributed by atoms with Crippen LogP contribution in [-0.2, 0) is 41.7 Å². The van der Waals surface area contributed by atoms with Crippen molar-refractivity contribution in [1.29, 1.82) is 0 Å². The molecule has 0 aliphatic rings. The Morgan fingerprint density at radius 1 is 0.918 bits per heavy atom. The Hall–Kier alpha value is -4.59. The summed E-state index contributed by atoms with van der Waals surface area (Å²) >= 11 is 0. The zero-order valence-electron chi connectivity index (χ0n) is 29.5. The number of hydrazine groups is 1. The third-order valence-electron chi connectivity index (χ3n) is 7.28. The molecule has 3 aromatic rings. The maximum atomic E-state index is 14.5. The Morgan fingerprint density at radius 3 is 2.24 bits per heavy atom. The van der Waals surface area contributed by atoms with Crippen LogP contribution in [-0.4, -0.2) is 89.5 Å². The highest BCUT2D eigenvalue weighted by Gasteiger charge is 2.36. The predicted molar refractivity (Wildman–Crippen MR) is 186 cm³/mol. The van der Waals surface area contributed by atoms with Crippen LogP contribution in [0.4, 0.5) is 4.79 Å². The highest BCUT2D eigenvalue weighted by atomic mass is 16.7. The maximum Gasteiger partial charge on any atom is 0.329 e. The fourth-order valence-corrected chi connectivity index (χ4v) is 5.14. The number of carbonyl (C=O) groups excluding carboxylic acids is 4. The van der Waals surface area contributed by atoms with Crippen LogP contribution in [0.3, 0.4) is 0 Å².